The van der Waals surface area contributed by atoms with Crippen molar-refractivity contribution >= 4 is 15.7 Å². The van der Waals surface area contributed by atoms with Gasteiger partial charge in [-0.25, -0.2) is 17.2 Å². The van der Waals surface area contributed by atoms with Gasteiger partial charge < -0.3 is 4.74 Å². The van der Waals surface area contributed by atoms with Crippen molar-refractivity contribution in [1.82, 2.24) is 0 Å². The van der Waals surface area contributed by atoms with Crippen LogP contribution in [0, 0.1) is 11.6 Å². The first-order valence-corrected chi connectivity index (χ1v) is 9.51. The molecule has 4 nitrogen and oxygen atoms in total. The maximum atomic E-state index is 14.4. The Morgan fingerprint density at radius 1 is 0.926 bits per heavy atom. The minimum atomic E-state index is -4.13. The SMILES string of the molecule is COc1cccc(CN(c2ccccc2F)S(=O)(=O)c2ccc(F)cc2)c1. The minimum absolute atomic E-state index is 0.0929. The van der Waals surface area contributed by atoms with Crippen LogP contribution in [0.1, 0.15) is 5.56 Å². The van der Waals surface area contributed by atoms with E-state index in [9.17, 15) is 17.2 Å². The van der Waals surface area contributed by atoms with Crippen LogP contribution in [0.4, 0.5) is 14.5 Å². The fourth-order valence-electron chi connectivity index (χ4n) is 2.62. The number of anilines is 1. The smallest absolute Gasteiger partial charge is 0.264 e. The van der Waals surface area contributed by atoms with Crippen molar-refractivity contribution < 1.29 is 21.9 Å². The fraction of sp³-hybridized carbons (Fsp3) is 0.100. The third kappa shape index (κ3) is 4.09. The second-order valence-corrected chi connectivity index (χ2v) is 7.63. The van der Waals surface area contributed by atoms with Gasteiger partial charge in [-0.05, 0) is 54.1 Å². The lowest BCUT2D eigenvalue weighted by atomic mass is 10.2. The molecule has 0 atom stereocenters. The van der Waals surface area contributed by atoms with Gasteiger partial charge in [-0.3, -0.25) is 4.31 Å². The molecular formula is C20H17F2NO3S. The molecule has 0 heterocycles. The summed E-state index contributed by atoms with van der Waals surface area (Å²) in [5.41, 5.74) is 0.521. The van der Waals surface area contributed by atoms with Gasteiger partial charge in [-0.1, -0.05) is 24.3 Å². The zero-order chi connectivity index (χ0) is 19.4. The predicted molar refractivity (Wildman–Crippen MR) is 99.2 cm³/mol. The fourth-order valence-corrected chi connectivity index (χ4v) is 4.08. The highest BCUT2D eigenvalue weighted by molar-refractivity contribution is 7.92. The van der Waals surface area contributed by atoms with Gasteiger partial charge in [0, 0.05) is 0 Å². The second kappa shape index (κ2) is 7.75. The Morgan fingerprint density at radius 3 is 2.30 bits per heavy atom. The number of rotatable bonds is 6. The molecule has 0 amide bonds. The molecule has 0 spiro atoms. The number of sulfonamides is 1. The van der Waals surface area contributed by atoms with Crippen molar-refractivity contribution in [3.05, 3.63) is 90.0 Å². The summed E-state index contributed by atoms with van der Waals surface area (Å²) in [6.45, 7) is -0.113. The molecule has 3 aromatic rings. The van der Waals surface area contributed by atoms with Crippen LogP contribution < -0.4 is 9.04 Å². The molecule has 0 aliphatic heterocycles. The Bertz CT molecular complexity index is 1040. The molecule has 0 bridgehead atoms. The number of nitrogens with zero attached hydrogens (tertiary/aromatic N) is 1. The van der Waals surface area contributed by atoms with Crippen LogP contribution in [0.5, 0.6) is 5.75 Å². The van der Waals surface area contributed by atoms with Crippen LogP contribution >= 0.6 is 0 Å². The number of methoxy groups -OCH3 is 1. The lowest BCUT2D eigenvalue weighted by molar-refractivity contribution is 0.414. The molecule has 0 aromatic heterocycles. The van der Waals surface area contributed by atoms with E-state index in [-0.39, 0.29) is 17.1 Å². The lowest BCUT2D eigenvalue weighted by Gasteiger charge is -2.25. The van der Waals surface area contributed by atoms with Crippen molar-refractivity contribution in [3.63, 3.8) is 0 Å². The predicted octanol–water partition coefficient (Wildman–Crippen LogP) is 4.37. The average Bonchev–Trinajstić information content (AvgIpc) is 2.67. The number of benzene rings is 3. The van der Waals surface area contributed by atoms with Gasteiger partial charge in [0.1, 0.15) is 17.4 Å². The molecule has 3 rings (SSSR count). The van der Waals surface area contributed by atoms with E-state index in [1.165, 1.54) is 25.3 Å². The summed E-state index contributed by atoms with van der Waals surface area (Å²) in [5, 5.41) is 0. The van der Waals surface area contributed by atoms with E-state index in [4.69, 9.17) is 4.74 Å². The molecule has 0 saturated carbocycles. The molecule has 0 unspecified atom stereocenters. The van der Waals surface area contributed by atoms with Gasteiger partial charge in [0.2, 0.25) is 0 Å². The summed E-state index contributed by atoms with van der Waals surface area (Å²) in [7, 11) is -2.62. The zero-order valence-electron chi connectivity index (χ0n) is 14.5. The van der Waals surface area contributed by atoms with Gasteiger partial charge in [0.05, 0.1) is 24.2 Å². The topological polar surface area (TPSA) is 46.6 Å². The molecule has 0 N–H and O–H groups in total. The Hall–Kier alpha value is -2.93. The van der Waals surface area contributed by atoms with Crippen LogP contribution in [0.15, 0.2) is 77.7 Å². The van der Waals surface area contributed by atoms with Gasteiger partial charge in [0.15, 0.2) is 0 Å². The van der Waals surface area contributed by atoms with E-state index in [2.05, 4.69) is 0 Å². The molecule has 0 fully saturated rings. The van der Waals surface area contributed by atoms with Crippen molar-refractivity contribution in [3.8, 4) is 5.75 Å². The summed E-state index contributed by atoms with van der Waals surface area (Å²) in [5.74, 6) is -0.676. The maximum Gasteiger partial charge on any atom is 0.264 e. The highest BCUT2D eigenvalue weighted by Crippen LogP contribution is 2.29. The number of hydrogen-bond donors (Lipinski definition) is 0. The lowest BCUT2D eigenvalue weighted by Crippen LogP contribution is -2.31. The standard InChI is InChI=1S/C20H17F2NO3S/c1-26-17-6-4-5-15(13-17)14-23(20-8-3-2-7-19(20)22)27(24,25)18-11-9-16(21)10-12-18/h2-13H,14H2,1H3. The third-order valence-electron chi connectivity index (χ3n) is 3.98. The molecule has 7 heteroatoms. The summed E-state index contributed by atoms with van der Waals surface area (Å²) >= 11 is 0. The quantitative estimate of drug-likeness (QED) is 0.629. The number of hydrogen-bond acceptors (Lipinski definition) is 3. The molecule has 3 aromatic carbocycles. The average molecular weight is 389 g/mol. The van der Waals surface area contributed by atoms with Crippen LogP contribution in [-0.4, -0.2) is 15.5 Å². The van der Waals surface area contributed by atoms with E-state index < -0.39 is 21.7 Å². The van der Waals surface area contributed by atoms with Crippen molar-refractivity contribution in [2.24, 2.45) is 0 Å². The highest BCUT2D eigenvalue weighted by atomic mass is 32.2. The van der Waals surface area contributed by atoms with E-state index >= 15 is 0 Å². The number of para-hydroxylation sites is 1. The Morgan fingerprint density at radius 2 is 1.63 bits per heavy atom. The summed E-state index contributed by atoms with van der Waals surface area (Å²) in [6.07, 6.45) is 0. The van der Waals surface area contributed by atoms with E-state index in [1.54, 1.807) is 30.3 Å². The Kier molecular flexibility index (Phi) is 5.41. The first kappa shape index (κ1) is 18.8. The molecule has 0 radical (unpaired) electrons. The number of ether oxygens (including phenoxy) is 1. The zero-order valence-corrected chi connectivity index (χ0v) is 15.3. The first-order chi connectivity index (χ1) is 12.9. The van der Waals surface area contributed by atoms with E-state index in [0.29, 0.717) is 11.3 Å². The first-order valence-electron chi connectivity index (χ1n) is 8.07. The minimum Gasteiger partial charge on any atom is -0.497 e. The summed E-state index contributed by atoms with van der Waals surface area (Å²) < 4.78 is 60.1. The Balaban J connectivity index is 2.09. The molecule has 0 saturated heterocycles. The normalized spacial score (nSPS) is 11.2. The third-order valence-corrected chi connectivity index (χ3v) is 5.76. The van der Waals surface area contributed by atoms with Crippen molar-refractivity contribution in [2.45, 2.75) is 11.4 Å². The van der Waals surface area contributed by atoms with E-state index in [1.807, 2.05) is 0 Å². The van der Waals surface area contributed by atoms with Crippen LogP contribution in [0.25, 0.3) is 0 Å². The summed E-state index contributed by atoms with van der Waals surface area (Å²) in [6, 6.07) is 16.9. The van der Waals surface area contributed by atoms with Gasteiger partial charge in [-0.2, -0.15) is 0 Å². The van der Waals surface area contributed by atoms with Crippen LogP contribution in [0.2, 0.25) is 0 Å². The van der Waals surface area contributed by atoms with Gasteiger partial charge in [-0.15, -0.1) is 0 Å². The van der Waals surface area contributed by atoms with E-state index in [0.717, 1.165) is 28.6 Å². The van der Waals surface area contributed by atoms with Crippen molar-refractivity contribution in [2.75, 3.05) is 11.4 Å². The monoisotopic (exact) mass is 389 g/mol. The number of halogens is 2. The maximum absolute atomic E-state index is 14.4. The Labute approximate surface area is 156 Å². The molecule has 27 heavy (non-hydrogen) atoms. The summed E-state index contributed by atoms with van der Waals surface area (Å²) in [4.78, 5) is -0.130. The largest absolute Gasteiger partial charge is 0.497 e. The molecule has 0 aliphatic rings. The van der Waals surface area contributed by atoms with Crippen LogP contribution in [-0.2, 0) is 16.6 Å². The van der Waals surface area contributed by atoms with Crippen molar-refractivity contribution in [1.29, 1.82) is 0 Å². The van der Waals surface area contributed by atoms with Gasteiger partial charge >= 0.3 is 0 Å². The molecular weight excluding hydrogens is 372 g/mol. The molecule has 140 valence electrons. The van der Waals surface area contributed by atoms with Gasteiger partial charge in [0.25, 0.3) is 10.0 Å². The molecule has 0 aliphatic carbocycles. The second-order valence-electron chi connectivity index (χ2n) is 5.77. The van der Waals surface area contributed by atoms with Crippen LogP contribution in [0.3, 0.4) is 0 Å². The highest BCUT2D eigenvalue weighted by Gasteiger charge is 2.27.